The maximum Gasteiger partial charge on any atom is 0.244 e. The van der Waals surface area contributed by atoms with E-state index in [1.165, 1.54) is 11.1 Å². The van der Waals surface area contributed by atoms with E-state index < -0.39 is 0 Å². The van der Waals surface area contributed by atoms with Crippen LogP contribution in [-0.4, -0.2) is 47.9 Å². The number of hydrogen-bond acceptors (Lipinski definition) is 4. The number of benzene rings is 1. The number of hydrogen-bond donors (Lipinski definition) is 2. The van der Waals surface area contributed by atoms with Gasteiger partial charge in [-0.05, 0) is 31.4 Å². The molecular formula is C20H27N5OS. The number of nitrogens with zero attached hydrogens (tertiary/aromatic N) is 3. The molecule has 27 heavy (non-hydrogen) atoms. The molecular weight excluding hydrogens is 358 g/mol. The lowest BCUT2D eigenvalue weighted by Crippen LogP contribution is -2.41. The van der Waals surface area contributed by atoms with Crippen LogP contribution in [0.25, 0.3) is 0 Å². The first-order valence-corrected chi connectivity index (χ1v) is 10.3. The van der Waals surface area contributed by atoms with E-state index in [9.17, 15) is 4.79 Å². The van der Waals surface area contributed by atoms with Crippen LogP contribution in [0.4, 0.5) is 0 Å². The molecule has 0 saturated carbocycles. The summed E-state index contributed by atoms with van der Waals surface area (Å²) in [7, 11) is 0. The van der Waals surface area contributed by atoms with E-state index >= 15 is 0 Å². The van der Waals surface area contributed by atoms with Crippen molar-refractivity contribution in [3.8, 4) is 0 Å². The minimum absolute atomic E-state index is 0.0665. The standard InChI is InChI=1S/C20H27N5OS/c1-3-21-20(22-10-8-18-14-27-15(2)24-18)23-12-19(26)25-11-9-16-6-4-5-7-17(16)13-25/h4-7,14H,3,8-13H2,1-2H3,(H2,21,22,23). The van der Waals surface area contributed by atoms with Crippen LogP contribution in [0.3, 0.4) is 0 Å². The average molecular weight is 386 g/mol. The normalized spacial score (nSPS) is 14.0. The van der Waals surface area contributed by atoms with Crippen molar-refractivity contribution in [2.24, 2.45) is 4.99 Å². The molecule has 0 radical (unpaired) electrons. The van der Waals surface area contributed by atoms with Gasteiger partial charge in [-0.1, -0.05) is 24.3 Å². The predicted molar refractivity (Wildman–Crippen MR) is 110 cm³/mol. The first-order chi connectivity index (χ1) is 13.2. The molecule has 2 N–H and O–H groups in total. The topological polar surface area (TPSA) is 69.6 Å². The monoisotopic (exact) mass is 385 g/mol. The van der Waals surface area contributed by atoms with E-state index in [0.717, 1.165) is 43.2 Å². The molecule has 0 spiro atoms. The number of aryl methyl sites for hydroxylation is 1. The fraction of sp³-hybridized carbons (Fsp3) is 0.450. The summed E-state index contributed by atoms with van der Waals surface area (Å²) < 4.78 is 0. The van der Waals surface area contributed by atoms with Crippen LogP contribution < -0.4 is 10.6 Å². The fourth-order valence-corrected chi connectivity index (χ4v) is 3.78. The van der Waals surface area contributed by atoms with Crippen molar-refractivity contribution < 1.29 is 4.79 Å². The highest BCUT2D eigenvalue weighted by molar-refractivity contribution is 7.09. The zero-order valence-electron chi connectivity index (χ0n) is 16.0. The SMILES string of the molecule is CCNC(=NCC(=O)N1CCc2ccccc2C1)NCCc1csc(C)n1. The number of rotatable bonds is 6. The molecule has 7 heteroatoms. The summed E-state index contributed by atoms with van der Waals surface area (Å²) in [5.74, 6) is 0.743. The summed E-state index contributed by atoms with van der Waals surface area (Å²) in [6, 6.07) is 8.33. The van der Waals surface area contributed by atoms with Crippen LogP contribution in [0.2, 0.25) is 0 Å². The van der Waals surface area contributed by atoms with E-state index in [0.29, 0.717) is 12.5 Å². The number of carbonyl (C=O) groups is 1. The lowest BCUT2D eigenvalue weighted by molar-refractivity contribution is -0.130. The van der Waals surface area contributed by atoms with Gasteiger partial charge >= 0.3 is 0 Å². The Morgan fingerprint density at radius 2 is 2.11 bits per heavy atom. The maximum atomic E-state index is 12.6. The molecule has 0 aliphatic carbocycles. The number of amides is 1. The van der Waals surface area contributed by atoms with Gasteiger partial charge in [0.1, 0.15) is 6.54 Å². The third-order valence-corrected chi connectivity index (χ3v) is 5.36. The molecule has 0 unspecified atom stereocenters. The summed E-state index contributed by atoms with van der Waals surface area (Å²) in [5.41, 5.74) is 3.67. The smallest absolute Gasteiger partial charge is 0.244 e. The van der Waals surface area contributed by atoms with Gasteiger partial charge in [0.15, 0.2) is 5.96 Å². The van der Waals surface area contributed by atoms with Gasteiger partial charge in [0, 0.05) is 38.0 Å². The lowest BCUT2D eigenvalue weighted by atomic mass is 10.00. The fourth-order valence-electron chi connectivity index (χ4n) is 3.13. The summed E-state index contributed by atoms with van der Waals surface area (Å²) in [6.45, 7) is 7.12. The number of nitrogens with one attached hydrogen (secondary N) is 2. The molecule has 1 aliphatic rings. The number of guanidine groups is 1. The van der Waals surface area contributed by atoms with Gasteiger partial charge in [0.25, 0.3) is 0 Å². The van der Waals surface area contributed by atoms with Gasteiger partial charge < -0.3 is 15.5 Å². The van der Waals surface area contributed by atoms with Crippen molar-refractivity contribution in [1.29, 1.82) is 0 Å². The Morgan fingerprint density at radius 3 is 2.85 bits per heavy atom. The Morgan fingerprint density at radius 1 is 1.30 bits per heavy atom. The molecule has 3 rings (SSSR count). The number of thiazole rings is 1. The van der Waals surface area contributed by atoms with Gasteiger partial charge in [-0.25, -0.2) is 9.98 Å². The quantitative estimate of drug-likeness (QED) is 0.590. The second-order valence-corrected chi connectivity index (χ2v) is 7.63. The van der Waals surface area contributed by atoms with Crippen LogP contribution in [0, 0.1) is 6.92 Å². The van der Waals surface area contributed by atoms with Gasteiger partial charge in [-0.2, -0.15) is 0 Å². The number of fused-ring (bicyclic) bond motifs is 1. The van der Waals surface area contributed by atoms with Gasteiger partial charge in [0.05, 0.1) is 10.7 Å². The Kier molecular flexibility index (Phi) is 6.81. The largest absolute Gasteiger partial charge is 0.357 e. The minimum atomic E-state index is 0.0665. The summed E-state index contributed by atoms with van der Waals surface area (Å²) >= 11 is 1.66. The minimum Gasteiger partial charge on any atom is -0.357 e. The zero-order valence-corrected chi connectivity index (χ0v) is 16.8. The van der Waals surface area contributed by atoms with Crippen molar-refractivity contribution in [2.75, 3.05) is 26.2 Å². The van der Waals surface area contributed by atoms with Crippen LogP contribution in [-0.2, 0) is 24.2 Å². The molecule has 6 nitrogen and oxygen atoms in total. The van der Waals surface area contributed by atoms with Crippen molar-refractivity contribution in [3.05, 3.63) is 51.5 Å². The van der Waals surface area contributed by atoms with Crippen molar-refractivity contribution in [3.63, 3.8) is 0 Å². The first-order valence-electron chi connectivity index (χ1n) is 9.43. The number of carbonyl (C=O) groups excluding carboxylic acids is 1. The maximum absolute atomic E-state index is 12.6. The molecule has 1 aromatic carbocycles. The van der Waals surface area contributed by atoms with Crippen LogP contribution in [0.15, 0.2) is 34.6 Å². The molecule has 0 bridgehead atoms. The highest BCUT2D eigenvalue weighted by Gasteiger charge is 2.19. The van der Waals surface area contributed by atoms with Gasteiger partial charge in [0.2, 0.25) is 5.91 Å². The highest BCUT2D eigenvalue weighted by atomic mass is 32.1. The van der Waals surface area contributed by atoms with E-state index in [1.807, 2.05) is 24.8 Å². The molecule has 144 valence electrons. The van der Waals surface area contributed by atoms with Gasteiger partial charge in [-0.15, -0.1) is 11.3 Å². The zero-order chi connectivity index (χ0) is 19.1. The molecule has 0 fully saturated rings. The van der Waals surface area contributed by atoms with E-state index in [1.54, 1.807) is 11.3 Å². The second kappa shape index (κ2) is 9.50. The Balaban J connectivity index is 1.50. The summed E-state index contributed by atoms with van der Waals surface area (Å²) in [4.78, 5) is 23.4. The lowest BCUT2D eigenvalue weighted by Gasteiger charge is -2.28. The van der Waals surface area contributed by atoms with E-state index in [-0.39, 0.29) is 12.5 Å². The Bertz CT molecular complexity index is 801. The third kappa shape index (κ3) is 5.53. The first kappa shape index (κ1) is 19.4. The molecule has 0 saturated heterocycles. The number of aromatic nitrogens is 1. The van der Waals surface area contributed by atoms with Crippen LogP contribution >= 0.6 is 11.3 Å². The van der Waals surface area contributed by atoms with E-state index in [4.69, 9.17) is 0 Å². The Hall–Kier alpha value is -2.41. The highest BCUT2D eigenvalue weighted by Crippen LogP contribution is 2.18. The van der Waals surface area contributed by atoms with Crippen molar-refractivity contribution in [2.45, 2.75) is 33.2 Å². The Labute approximate surface area is 164 Å². The van der Waals surface area contributed by atoms with Crippen LogP contribution in [0.5, 0.6) is 0 Å². The van der Waals surface area contributed by atoms with E-state index in [2.05, 4.69) is 44.2 Å². The van der Waals surface area contributed by atoms with Crippen molar-refractivity contribution >= 4 is 23.2 Å². The molecule has 2 aromatic rings. The predicted octanol–water partition coefficient (Wildman–Crippen LogP) is 2.13. The molecule has 1 aliphatic heterocycles. The molecule has 2 heterocycles. The third-order valence-electron chi connectivity index (χ3n) is 4.54. The summed E-state index contributed by atoms with van der Waals surface area (Å²) in [6.07, 6.45) is 1.75. The second-order valence-electron chi connectivity index (χ2n) is 6.56. The summed E-state index contributed by atoms with van der Waals surface area (Å²) in [5, 5.41) is 9.65. The van der Waals surface area contributed by atoms with Crippen molar-refractivity contribution in [1.82, 2.24) is 20.5 Å². The number of aliphatic imine (C=N–C) groups is 1. The molecule has 0 atom stereocenters. The molecule has 1 amide bonds. The average Bonchev–Trinajstić information content (AvgIpc) is 3.10. The molecule has 1 aromatic heterocycles. The van der Waals surface area contributed by atoms with Crippen LogP contribution in [0.1, 0.15) is 28.8 Å². The van der Waals surface area contributed by atoms with Gasteiger partial charge in [-0.3, -0.25) is 4.79 Å².